The number of benzene rings is 1. The number of carbonyl (C=O) groups is 1. The van der Waals surface area contributed by atoms with E-state index in [-0.39, 0.29) is 12.0 Å². The predicted molar refractivity (Wildman–Crippen MR) is 104 cm³/mol. The fourth-order valence-electron chi connectivity index (χ4n) is 2.70. The van der Waals surface area contributed by atoms with Gasteiger partial charge in [0.2, 0.25) is 0 Å². The van der Waals surface area contributed by atoms with Crippen LogP contribution < -0.4 is 10.1 Å². The molecule has 0 aliphatic rings. The second-order valence-corrected chi connectivity index (χ2v) is 6.89. The second-order valence-electron chi connectivity index (χ2n) is 6.89. The normalized spacial score (nSPS) is 14.6. The van der Waals surface area contributed by atoms with Gasteiger partial charge in [-0.2, -0.15) is 0 Å². The lowest BCUT2D eigenvalue weighted by atomic mass is 9.96. The van der Waals surface area contributed by atoms with E-state index < -0.39 is 5.60 Å². The third-order valence-corrected chi connectivity index (χ3v) is 4.54. The molecule has 1 N–H and O–H groups in total. The van der Waals surface area contributed by atoms with Crippen LogP contribution in [0.1, 0.15) is 72.3 Å². The molecule has 25 heavy (non-hydrogen) atoms. The molecule has 1 aromatic carbocycles. The van der Waals surface area contributed by atoms with Crippen LogP contribution in [0.15, 0.2) is 18.2 Å². The summed E-state index contributed by atoms with van der Waals surface area (Å²) in [6, 6.07) is 5.77. The standard InChI is InChI=1S/C21H35NO3/c1-7-10-11-14-21(6,24-9-3)20(23)22-18-12-13-19(16(4)15-18)25-17(5)8-2/h12-13,15,17H,7-11,14H2,1-6H3,(H,22,23)/t17-,21-/m0/s1. The molecule has 1 amide bonds. The first-order chi connectivity index (χ1) is 11.9. The van der Waals surface area contributed by atoms with Crippen molar-refractivity contribution < 1.29 is 14.3 Å². The molecule has 4 nitrogen and oxygen atoms in total. The molecule has 2 atom stereocenters. The van der Waals surface area contributed by atoms with Crippen molar-refractivity contribution in [2.24, 2.45) is 0 Å². The van der Waals surface area contributed by atoms with Crippen LogP contribution in [0, 0.1) is 6.92 Å². The quantitative estimate of drug-likeness (QED) is 0.538. The van der Waals surface area contributed by atoms with Gasteiger partial charge < -0.3 is 14.8 Å². The highest BCUT2D eigenvalue weighted by Crippen LogP contribution is 2.26. The summed E-state index contributed by atoms with van der Waals surface area (Å²) in [5.41, 5.74) is 1.01. The summed E-state index contributed by atoms with van der Waals surface area (Å²) in [7, 11) is 0. The predicted octanol–water partition coefficient (Wildman–Crippen LogP) is 5.49. The fraction of sp³-hybridized carbons (Fsp3) is 0.667. The number of unbranched alkanes of at least 4 members (excludes halogenated alkanes) is 2. The zero-order valence-electron chi connectivity index (χ0n) is 16.8. The highest BCUT2D eigenvalue weighted by atomic mass is 16.5. The number of carbonyl (C=O) groups excluding carboxylic acids is 1. The van der Waals surface area contributed by atoms with Gasteiger partial charge in [-0.05, 0) is 64.3 Å². The average molecular weight is 350 g/mol. The smallest absolute Gasteiger partial charge is 0.256 e. The molecule has 0 fully saturated rings. The Labute approximate surface area is 153 Å². The maximum absolute atomic E-state index is 12.8. The largest absolute Gasteiger partial charge is 0.490 e. The molecule has 0 heterocycles. The molecule has 0 saturated carbocycles. The number of aryl methyl sites for hydroxylation is 1. The van der Waals surface area contributed by atoms with Crippen molar-refractivity contribution in [3.05, 3.63) is 23.8 Å². The van der Waals surface area contributed by atoms with Crippen LogP contribution >= 0.6 is 0 Å². The van der Waals surface area contributed by atoms with Crippen LogP contribution in [0.25, 0.3) is 0 Å². The minimum atomic E-state index is -0.788. The Morgan fingerprint density at radius 1 is 1.24 bits per heavy atom. The highest BCUT2D eigenvalue weighted by molar-refractivity contribution is 5.97. The number of anilines is 1. The fourth-order valence-corrected chi connectivity index (χ4v) is 2.70. The van der Waals surface area contributed by atoms with Crippen molar-refractivity contribution >= 4 is 11.6 Å². The van der Waals surface area contributed by atoms with Crippen molar-refractivity contribution in [1.82, 2.24) is 0 Å². The molecule has 0 aliphatic heterocycles. The van der Waals surface area contributed by atoms with Crippen LogP contribution in [0.5, 0.6) is 5.75 Å². The molecular weight excluding hydrogens is 314 g/mol. The minimum Gasteiger partial charge on any atom is -0.490 e. The first-order valence-corrected chi connectivity index (χ1v) is 9.59. The Bertz CT molecular complexity index is 544. The van der Waals surface area contributed by atoms with Gasteiger partial charge in [0.1, 0.15) is 11.4 Å². The molecule has 142 valence electrons. The Hall–Kier alpha value is -1.55. The van der Waals surface area contributed by atoms with Crippen molar-refractivity contribution in [1.29, 1.82) is 0 Å². The summed E-state index contributed by atoms with van der Waals surface area (Å²) < 4.78 is 11.7. The van der Waals surface area contributed by atoms with Crippen LogP contribution in [0.4, 0.5) is 5.69 Å². The van der Waals surface area contributed by atoms with Gasteiger partial charge in [0.15, 0.2) is 0 Å². The topological polar surface area (TPSA) is 47.6 Å². The third kappa shape index (κ3) is 6.69. The van der Waals surface area contributed by atoms with Crippen molar-refractivity contribution in [2.45, 2.75) is 85.4 Å². The molecule has 0 aliphatic carbocycles. The maximum Gasteiger partial charge on any atom is 0.256 e. The molecular formula is C21H35NO3. The second kappa shape index (κ2) is 10.4. The Balaban J connectivity index is 2.80. The SMILES string of the molecule is CCCCC[C@](C)(OCC)C(=O)Nc1ccc(O[C@@H](C)CC)c(C)c1. The van der Waals surface area contributed by atoms with Crippen molar-refractivity contribution in [3.8, 4) is 5.75 Å². The van der Waals surface area contributed by atoms with Gasteiger partial charge in [0, 0.05) is 12.3 Å². The van der Waals surface area contributed by atoms with E-state index in [1.807, 2.05) is 39.0 Å². The van der Waals surface area contributed by atoms with Gasteiger partial charge >= 0.3 is 0 Å². The van der Waals surface area contributed by atoms with Crippen LogP contribution in [-0.2, 0) is 9.53 Å². The van der Waals surface area contributed by atoms with Crippen molar-refractivity contribution in [2.75, 3.05) is 11.9 Å². The zero-order valence-corrected chi connectivity index (χ0v) is 16.8. The van der Waals surface area contributed by atoms with E-state index in [0.717, 1.165) is 49.1 Å². The molecule has 0 spiro atoms. The van der Waals surface area contributed by atoms with Gasteiger partial charge in [-0.3, -0.25) is 4.79 Å². The highest BCUT2D eigenvalue weighted by Gasteiger charge is 2.33. The molecule has 0 saturated heterocycles. The number of amides is 1. The molecule has 0 aromatic heterocycles. The van der Waals surface area contributed by atoms with E-state index in [1.54, 1.807) is 0 Å². The maximum atomic E-state index is 12.8. The van der Waals surface area contributed by atoms with E-state index in [1.165, 1.54) is 0 Å². The molecule has 1 rings (SSSR count). The van der Waals surface area contributed by atoms with Gasteiger partial charge in [-0.1, -0.05) is 33.1 Å². The van der Waals surface area contributed by atoms with Crippen LogP contribution in [0.2, 0.25) is 0 Å². The van der Waals surface area contributed by atoms with Gasteiger partial charge in [0.05, 0.1) is 6.10 Å². The Kier molecular flexibility index (Phi) is 8.98. The molecule has 1 aromatic rings. The summed E-state index contributed by atoms with van der Waals surface area (Å²) in [5.74, 6) is 0.781. The summed E-state index contributed by atoms with van der Waals surface area (Å²) in [6.45, 7) is 12.6. The number of ether oxygens (including phenoxy) is 2. The summed E-state index contributed by atoms with van der Waals surface area (Å²) >= 11 is 0. The van der Waals surface area contributed by atoms with Crippen molar-refractivity contribution in [3.63, 3.8) is 0 Å². The Morgan fingerprint density at radius 2 is 1.96 bits per heavy atom. The number of hydrogen-bond donors (Lipinski definition) is 1. The minimum absolute atomic E-state index is 0.0829. The van der Waals surface area contributed by atoms with E-state index in [4.69, 9.17) is 9.47 Å². The van der Waals surface area contributed by atoms with Gasteiger partial charge in [0.25, 0.3) is 5.91 Å². The summed E-state index contributed by atoms with van der Waals surface area (Å²) in [6.07, 6.45) is 5.09. The van der Waals surface area contributed by atoms with E-state index in [0.29, 0.717) is 6.61 Å². The molecule has 0 bridgehead atoms. The third-order valence-electron chi connectivity index (χ3n) is 4.54. The number of rotatable bonds is 11. The lowest BCUT2D eigenvalue weighted by Gasteiger charge is -2.28. The molecule has 0 radical (unpaired) electrons. The number of nitrogens with one attached hydrogen (secondary N) is 1. The molecule has 0 unspecified atom stereocenters. The van der Waals surface area contributed by atoms with Gasteiger partial charge in [-0.25, -0.2) is 0 Å². The van der Waals surface area contributed by atoms with Crippen LogP contribution in [-0.4, -0.2) is 24.2 Å². The van der Waals surface area contributed by atoms with Gasteiger partial charge in [-0.15, -0.1) is 0 Å². The first kappa shape index (κ1) is 21.5. The average Bonchev–Trinajstić information content (AvgIpc) is 2.57. The first-order valence-electron chi connectivity index (χ1n) is 9.59. The Morgan fingerprint density at radius 3 is 2.52 bits per heavy atom. The zero-order chi connectivity index (χ0) is 18.9. The lowest BCUT2D eigenvalue weighted by Crippen LogP contribution is -2.42. The summed E-state index contributed by atoms with van der Waals surface area (Å²) in [5, 5.41) is 3.01. The van der Waals surface area contributed by atoms with E-state index >= 15 is 0 Å². The lowest BCUT2D eigenvalue weighted by molar-refractivity contribution is -0.139. The summed E-state index contributed by atoms with van der Waals surface area (Å²) in [4.78, 5) is 12.8. The monoisotopic (exact) mass is 349 g/mol. The van der Waals surface area contributed by atoms with E-state index in [9.17, 15) is 4.79 Å². The molecule has 4 heteroatoms. The number of hydrogen-bond acceptors (Lipinski definition) is 3. The van der Waals surface area contributed by atoms with Crippen LogP contribution in [0.3, 0.4) is 0 Å². The van der Waals surface area contributed by atoms with E-state index in [2.05, 4.69) is 26.1 Å².